The molecule has 84 valence electrons. The van der Waals surface area contributed by atoms with Crippen molar-refractivity contribution < 1.29 is 4.79 Å². The molecular formula is C11H19N3O. The standard InChI is InChI=1S/C11H19N3O/c1-11(2,3)9-7-8(14(6)12-9)10(15)13(4)5/h7H,1-6H3. The van der Waals surface area contributed by atoms with E-state index in [-0.39, 0.29) is 11.3 Å². The Kier molecular flexibility index (Phi) is 2.88. The minimum Gasteiger partial charge on any atom is -0.343 e. The van der Waals surface area contributed by atoms with Crippen LogP contribution in [0.15, 0.2) is 6.07 Å². The molecule has 0 aliphatic carbocycles. The minimum atomic E-state index is -0.0252. The van der Waals surface area contributed by atoms with E-state index in [4.69, 9.17) is 0 Å². The van der Waals surface area contributed by atoms with Crippen molar-refractivity contribution in [3.05, 3.63) is 17.5 Å². The molecule has 0 N–H and O–H groups in total. The fourth-order valence-electron chi connectivity index (χ4n) is 1.26. The van der Waals surface area contributed by atoms with Crippen molar-refractivity contribution in [3.8, 4) is 0 Å². The normalized spacial score (nSPS) is 11.6. The maximum absolute atomic E-state index is 11.8. The van der Waals surface area contributed by atoms with Crippen LogP contribution in [0.25, 0.3) is 0 Å². The van der Waals surface area contributed by atoms with E-state index in [1.165, 1.54) is 0 Å². The lowest BCUT2D eigenvalue weighted by atomic mass is 9.92. The van der Waals surface area contributed by atoms with Gasteiger partial charge in [0.2, 0.25) is 0 Å². The van der Waals surface area contributed by atoms with Gasteiger partial charge < -0.3 is 4.90 Å². The van der Waals surface area contributed by atoms with Crippen LogP contribution < -0.4 is 0 Å². The summed E-state index contributed by atoms with van der Waals surface area (Å²) >= 11 is 0. The summed E-state index contributed by atoms with van der Waals surface area (Å²) in [6.45, 7) is 6.25. The molecule has 0 fully saturated rings. The van der Waals surface area contributed by atoms with Crippen molar-refractivity contribution in [2.24, 2.45) is 7.05 Å². The number of carbonyl (C=O) groups is 1. The van der Waals surface area contributed by atoms with Gasteiger partial charge in [0.15, 0.2) is 0 Å². The number of carbonyl (C=O) groups excluding carboxylic acids is 1. The van der Waals surface area contributed by atoms with Crippen LogP contribution in [-0.2, 0) is 12.5 Å². The molecule has 0 spiro atoms. The zero-order chi connectivity index (χ0) is 11.8. The van der Waals surface area contributed by atoms with Gasteiger partial charge in [-0.3, -0.25) is 9.48 Å². The minimum absolute atomic E-state index is 0.0134. The summed E-state index contributed by atoms with van der Waals surface area (Å²) in [6.07, 6.45) is 0. The molecule has 4 nitrogen and oxygen atoms in total. The topological polar surface area (TPSA) is 38.1 Å². The molecule has 0 saturated heterocycles. The summed E-state index contributed by atoms with van der Waals surface area (Å²) in [5, 5.41) is 4.35. The zero-order valence-electron chi connectivity index (χ0n) is 10.3. The third-order valence-electron chi connectivity index (χ3n) is 2.27. The lowest BCUT2D eigenvalue weighted by Gasteiger charge is -2.13. The number of aryl methyl sites for hydroxylation is 1. The third-order valence-corrected chi connectivity index (χ3v) is 2.27. The second-order valence-corrected chi connectivity index (χ2v) is 4.99. The van der Waals surface area contributed by atoms with E-state index < -0.39 is 0 Å². The quantitative estimate of drug-likeness (QED) is 0.701. The number of hydrogen-bond acceptors (Lipinski definition) is 2. The van der Waals surface area contributed by atoms with Crippen molar-refractivity contribution in [2.75, 3.05) is 14.1 Å². The van der Waals surface area contributed by atoms with Gasteiger partial charge in [-0.2, -0.15) is 5.10 Å². The number of aromatic nitrogens is 2. The average Bonchev–Trinajstić information content (AvgIpc) is 2.45. The molecule has 0 aromatic carbocycles. The summed E-state index contributed by atoms with van der Waals surface area (Å²) in [6, 6.07) is 1.86. The van der Waals surface area contributed by atoms with Gasteiger partial charge in [-0.1, -0.05) is 20.8 Å². The molecule has 0 atom stereocenters. The Labute approximate surface area is 90.9 Å². The highest BCUT2D eigenvalue weighted by Crippen LogP contribution is 2.21. The molecule has 0 bridgehead atoms. The van der Waals surface area contributed by atoms with E-state index in [1.807, 2.05) is 6.07 Å². The highest BCUT2D eigenvalue weighted by Gasteiger charge is 2.22. The highest BCUT2D eigenvalue weighted by molar-refractivity contribution is 5.92. The Bertz CT molecular complexity index is 372. The smallest absolute Gasteiger partial charge is 0.271 e. The predicted molar refractivity (Wildman–Crippen MR) is 59.9 cm³/mol. The maximum atomic E-state index is 11.8. The number of rotatable bonds is 1. The number of amides is 1. The SMILES string of the molecule is CN(C)C(=O)c1cc(C(C)(C)C)nn1C. The van der Waals surface area contributed by atoms with Crippen molar-refractivity contribution in [1.82, 2.24) is 14.7 Å². The van der Waals surface area contributed by atoms with Crippen LogP contribution in [0, 0.1) is 0 Å². The third kappa shape index (κ3) is 2.37. The Morgan fingerprint density at radius 1 is 1.40 bits per heavy atom. The van der Waals surface area contributed by atoms with Crippen LogP contribution in [-0.4, -0.2) is 34.7 Å². The molecule has 1 amide bonds. The molecule has 0 radical (unpaired) electrons. The monoisotopic (exact) mass is 209 g/mol. The number of nitrogens with zero attached hydrogens (tertiary/aromatic N) is 3. The maximum Gasteiger partial charge on any atom is 0.271 e. The van der Waals surface area contributed by atoms with E-state index in [1.54, 1.807) is 30.7 Å². The van der Waals surface area contributed by atoms with Gasteiger partial charge in [-0.05, 0) is 6.07 Å². The Morgan fingerprint density at radius 3 is 2.27 bits per heavy atom. The lowest BCUT2D eigenvalue weighted by molar-refractivity contribution is 0.0817. The van der Waals surface area contributed by atoms with Gasteiger partial charge in [0.1, 0.15) is 5.69 Å². The Hall–Kier alpha value is -1.32. The second kappa shape index (κ2) is 3.68. The zero-order valence-corrected chi connectivity index (χ0v) is 10.3. The van der Waals surface area contributed by atoms with Crippen LogP contribution >= 0.6 is 0 Å². The van der Waals surface area contributed by atoms with Crippen LogP contribution in [0.2, 0.25) is 0 Å². The molecule has 15 heavy (non-hydrogen) atoms. The second-order valence-electron chi connectivity index (χ2n) is 4.99. The first-order chi connectivity index (χ1) is 6.73. The average molecular weight is 209 g/mol. The molecule has 4 heteroatoms. The first kappa shape index (κ1) is 11.8. The Morgan fingerprint density at radius 2 is 1.93 bits per heavy atom. The van der Waals surface area contributed by atoms with E-state index in [2.05, 4.69) is 25.9 Å². The van der Waals surface area contributed by atoms with Gasteiger partial charge in [-0.25, -0.2) is 0 Å². The first-order valence-electron chi connectivity index (χ1n) is 4.99. The van der Waals surface area contributed by atoms with Gasteiger partial charge >= 0.3 is 0 Å². The Balaban J connectivity index is 3.13. The van der Waals surface area contributed by atoms with Crippen LogP contribution in [0.5, 0.6) is 0 Å². The predicted octanol–water partition coefficient (Wildman–Crippen LogP) is 1.42. The fourth-order valence-corrected chi connectivity index (χ4v) is 1.26. The van der Waals surface area contributed by atoms with Crippen LogP contribution in [0.4, 0.5) is 0 Å². The van der Waals surface area contributed by atoms with E-state index >= 15 is 0 Å². The van der Waals surface area contributed by atoms with Crippen molar-refractivity contribution in [2.45, 2.75) is 26.2 Å². The summed E-state index contributed by atoms with van der Waals surface area (Å²) in [4.78, 5) is 13.3. The van der Waals surface area contributed by atoms with Crippen molar-refractivity contribution >= 4 is 5.91 Å². The van der Waals surface area contributed by atoms with E-state index in [9.17, 15) is 4.79 Å². The largest absolute Gasteiger partial charge is 0.343 e. The molecule has 1 aromatic heterocycles. The van der Waals surface area contributed by atoms with E-state index in [0.29, 0.717) is 5.69 Å². The van der Waals surface area contributed by atoms with Crippen molar-refractivity contribution in [1.29, 1.82) is 0 Å². The summed E-state index contributed by atoms with van der Waals surface area (Å²) < 4.78 is 1.64. The molecule has 1 heterocycles. The van der Waals surface area contributed by atoms with Crippen LogP contribution in [0.1, 0.15) is 37.0 Å². The molecule has 0 unspecified atom stereocenters. The molecular weight excluding hydrogens is 190 g/mol. The molecule has 0 aliphatic heterocycles. The van der Waals surface area contributed by atoms with Gasteiger partial charge in [0.05, 0.1) is 5.69 Å². The van der Waals surface area contributed by atoms with Gasteiger partial charge in [0.25, 0.3) is 5.91 Å². The summed E-state index contributed by atoms with van der Waals surface area (Å²) in [5.74, 6) is -0.0134. The highest BCUT2D eigenvalue weighted by atomic mass is 16.2. The molecule has 1 aromatic rings. The fraction of sp³-hybridized carbons (Fsp3) is 0.636. The summed E-state index contributed by atoms with van der Waals surface area (Å²) in [5.41, 5.74) is 1.54. The van der Waals surface area contributed by atoms with Gasteiger partial charge in [-0.15, -0.1) is 0 Å². The molecule has 0 saturated carbocycles. The lowest BCUT2D eigenvalue weighted by Crippen LogP contribution is -2.24. The van der Waals surface area contributed by atoms with Crippen molar-refractivity contribution in [3.63, 3.8) is 0 Å². The first-order valence-corrected chi connectivity index (χ1v) is 4.99. The molecule has 1 rings (SSSR count). The number of hydrogen-bond donors (Lipinski definition) is 0. The van der Waals surface area contributed by atoms with E-state index in [0.717, 1.165) is 5.69 Å². The molecule has 0 aliphatic rings. The summed E-state index contributed by atoms with van der Waals surface area (Å²) in [7, 11) is 5.28. The van der Waals surface area contributed by atoms with Gasteiger partial charge in [0, 0.05) is 26.6 Å². The van der Waals surface area contributed by atoms with Crippen LogP contribution in [0.3, 0.4) is 0 Å².